The quantitative estimate of drug-likeness (QED) is 0.693. The first kappa shape index (κ1) is 21.1. The summed E-state index contributed by atoms with van der Waals surface area (Å²) in [6, 6.07) is 6.87. The standard InChI is InChI=1S/C20H23FN2O5S/c1-27-18-6-4-16(21)13-19(18)29(25,26)22-14-15-8-10-23(11-9-15)20(24)7-5-17-3-2-12-28-17/h2-7,12-13,15,22H,8-11,14H2,1H3/b7-5+. The first-order valence-electron chi connectivity index (χ1n) is 9.23. The lowest BCUT2D eigenvalue weighted by Gasteiger charge is -2.31. The lowest BCUT2D eigenvalue weighted by atomic mass is 9.97. The predicted molar refractivity (Wildman–Crippen MR) is 105 cm³/mol. The minimum atomic E-state index is -3.91. The Morgan fingerprint density at radius 2 is 2.10 bits per heavy atom. The minimum Gasteiger partial charge on any atom is -0.495 e. The fourth-order valence-electron chi connectivity index (χ4n) is 3.17. The summed E-state index contributed by atoms with van der Waals surface area (Å²) in [4.78, 5) is 13.7. The molecule has 7 nitrogen and oxygen atoms in total. The highest BCUT2D eigenvalue weighted by molar-refractivity contribution is 7.89. The minimum absolute atomic E-state index is 0.0856. The SMILES string of the molecule is COc1ccc(F)cc1S(=O)(=O)NCC1CCN(C(=O)/C=C/c2ccco2)CC1. The van der Waals surface area contributed by atoms with Crippen molar-refractivity contribution in [3.63, 3.8) is 0 Å². The van der Waals surface area contributed by atoms with Gasteiger partial charge in [-0.15, -0.1) is 0 Å². The zero-order valence-electron chi connectivity index (χ0n) is 16.0. The van der Waals surface area contributed by atoms with Crippen LogP contribution in [0.15, 0.2) is 52.0 Å². The van der Waals surface area contributed by atoms with E-state index in [9.17, 15) is 17.6 Å². The molecule has 9 heteroatoms. The fourth-order valence-corrected chi connectivity index (χ4v) is 4.46. The molecule has 0 aliphatic carbocycles. The Balaban J connectivity index is 1.52. The number of nitrogens with zero attached hydrogens (tertiary/aromatic N) is 1. The van der Waals surface area contributed by atoms with Gasteiger partial charge in [0.15, 0.2) is 0 Å². The molecule has 3 rings (SSSR count). The molecule has 1 aromatic carbocycles. The van der Waals surface area contributed by atoms with Crippen molar-refractivity contribution < 1.29 is 26.8 Å². The van der Waals surface area contributed by atoms with E-state index in [0.29, 0.717) is 31.7 Å². The van der Waals surface area contributed by atoms with Crippen molar-refractivity contribution in [2.75, 3.05) is 26.7 Å². The van der Waals surface area contributed by atoms with E-state index in [-0.39, 0.29) is 29.0 Å². The Morgan fingerprint density at radius 1 is 1.34 bits per heavy atom. The van der Waals surface area contributed by atoms with Gasteiger partial charge in [0.1, 0.15) is 22.2 Å². The van der Waals surface area contributed by atoms with Crippen molar-refractivity contribution >= 4 is 22.0 Å². The molecule has 0 saturated carbocycles. The summed E-state index contributed by atoms with van der Waals surface area (Å²) in [5.41, 5.74) is 0. The van der Waals surface area contributed by atoms with E-state index in [1.165, 1.54) is 25.5 Å². The number of methoxy groups -OCH3 is 1. The topological polar surface area (TPSA) is 88.9 Å². The Labute approximate surface area is 169 Å². The van der Waals surface area contributed by atoms with Gasteiger partial charge in [0.25, 0.3) is 0 Å². The average molecular weight is 422 g/mol. The van der Waals surface area contributed by atoms with Gasteiger partial charge in [0, 0.05) is 25.7 Å². The van der Waals surface area contributed by atoms with Crippen LogP contribution in [0.4, 0.5) is 4.39 Å². The molecule has 2 aromatic rings. The van der Waals surface area contributed by atoms with E-state index in [2.05, 4.69) is 4.72 Å². The summed E-state index contributed by atoms with van der Waals surface area (Å²) < 4.78 is 51.3. The van der Waals surface area contributed by atoms with Gasteiger partial charge in [0.2, 0.25) is 15.9 Å². The number of hydrogen-bond donors (Lipinski definition) is 1. The third-order valence-electron chi connectivity index (χ3n) is 4.84. The molecule has 0 radical (unpaired) electrons. The lowest BCUT2D eigenvalue weighted by Crippen LogP contribution is -2.41. The molecule has 1 saturated heterocycles. The monoisotopic (exact) mass is 422 g/mol. The number of benzene rings is 1. The first-order chi connectivity index (χ1) is 13.9. The van der Waals surface area contributed by atoms with Crippen molar-refractivity contribution in [3.8, 4) is 5.75 Å². The van der Waals surface area contributed by atoms with Crippen molar-refractivity contribution in [3.05, 3.63) is 54.2 Å². The Bertz CT molecular complexity index is 965. The molecule has 29 heavy (non-hydrogen) atoms. The van der Waals surface area contributed by atoms with Crippen molar-refractivity contribution in [2.24, 2.45) is 5.92 Å². The van der Waals surface area contributed by atoms with E-state index in [4.69, 9.17) is 9.15 Å². The van der Waals surface area contributed by atoms with Crippen molar-refractivity contribution in [2.45, 2.75) is 17.7 Å². The van der Waals surface area contributed by atoms with Crippen LogP contribution in [0.2, 0.25) is 0 Å². The second-order valence-corrected chi connectivity index (χ2v) is 8.50. The number of nitrogens with one attached hydrogen (secondary N) is 1. The lowest BCUT2D eigenvalue weighted by molar-refractivity contribution is -0.127. The van der Waals surface area contributed by atoms with E-state index in [1.807, 2.05) is 0 Å². The van der Waals surface area contributed by atoms with Gasteiger partial charge in [-0.25, -0.2) is 17.5 Å². The molecule has 0 bridgehead atoms. The third-order valence-corrected chi connectivity index (χ3v) is 6.28. The molecule has 0 atom stereocenters. The Hall–Kier alpha value is -2.65. The molecule has 1 aliphatic rings. The third kappa shape index (κ3) is 5.45. The van der Waals surface area contributed by atoms with Crippen LogP contribution in [0.3, 0.4) is 0 Å². The van der Waals surface area contributed by atoms with Crippen LogP contribution in [0.1, 0.15) is 18.6 Å². The van der Waals surface area contributed by atoms with Crippen molar-refractivity contribution in [1.29, 1.82) is 0 Å². The van der Waals surface area contributed by atoms with Gasteiger partial charge in [-0.1, -0.05) is 0 Å². The van der Waals surface area contributed by atoms with Gasteiger partial charge in [-0.05, 0) is 55.2 Å². The number of sulfonamides is 1. The van der Waals surface area contributed by atoms with Gasteiger partial charge in [-0.3, -0.25) is 4.79 Å². The van der Waals surface area contributed by atoms with Gasteiger partial charge in [0.05, 0.1) is 13.4 Å². The first-order valence-corrected chi connectivity index (χ1v) is 10.7. The van der Waals surface area contributed by atoms with Crippen LogP contribution in [-0.2, 0) is 14.8 Å². The highest BCUT2D eigenvalue weighted by Gasteiger charge is 2.25. The normalized spacial score (nSPS) is 15.7. The van der Waals surface area contributed by atoms with Crippen LogP contribution in [-0.4, -0.2) is 46.0 Å². The number of ether oxygens (including phenoxy) is 1. The second-order valence-electron chi connectivity index (χ2n) is 6.76. The molecular weight excluding hydrogens is 399 g/mol. The molecule has 1 fully saturated rings. The van der Waals surface area contributed by atoms with Crippen LogP contribution in [0.25, 0.3) is 6.08 Å². The van der Waals surface area contributed by atoms with Gasteiger partial charge in [-0.2, -0.15) is 0 Å². The van der Waals surface area contributed by atoms with E-state index in [0.717, 1.165) is 12.1 Å². The van der Waals surface area contributed by atoms with E-state index >= 15 is 0 Å². The highest BCUT2D eigenvalue weighted by atomic mass is 32.2. The number of hydrogen-bond acceptors (Lipinski definition) is 5. The molecule has 0 unspecified atom stereocenters. The Morgan fingerprint density at radius 3 is 2.76 bits per heavy atom. The van der Waals surface area contributed by atoms with Crippen LogP contribution in [0.5, 0.6) is 5.75 Å². The summed E-state index contributed by atoms with van der Waals surface area (Å²) >= 11 is 0. The van der Waals surface area contributed by atoms with E-state index in [1.54, 1.807) is 23.1 Å². The molecule has 1 aromatic heterocycles. The summed E-state index contributed by atoms with van der Waals surface area (Å²) in [7, 11) is -2.57. The highest BCUT2D eigenvalue weighted by Crippen LogP contribution is 2.25. The summed E-state index contributed by atoms with van der Waals surface area (Å²) in [5.74, 6) is 0.0195. The Kier molecular flexibility index (Phi) is 6.71. The molecule has 1 aliphatic heterocycles. The molecule has 1 N–H and O–H groups in total. The molecular formula is C20H23FN2O5S. The smallest absolute Gasteiger partial charge is 0.246 e. The largest absolute Gasteiger partial charge is 0.495 e. The van der Waals surface area contributed by atoms with E-state index < -0.39 is 15.8 Å². The van der Waals surface area contributed by atoms with Gasteiger partial charge < -0.3 is 14.1 Å². The molecule has 0 spiro atoms. The second kappa shape index (κ2) is 9.23. The van der Waals surface area contributed by atoms with Crippen LogP contribution >= 0.6 is 0 Å². The number of carbonyl (C=O) groups is 1. The zero-order chi connectivity index (χ0) is 20.9. The molecule has 1 amide bonds. The van der Waals surface area contributed by atoms with Crippen molar-refractivity contribution in [1.82, 2.24) is 9.62 Å². The fraction of sp³-hybridized carbons (Fsp3) is 0.350. The summed E-state index contributed by atoms with van der Waals surface area (Å²) in [6.07, 6.45) is 5.97. The van der Waals surface area contributed by atoms with Crippen LogP contribution < -0.4 is 9.46 Å². The molecule has 156 valence electrons. The summed E-state index contributed by atoms with van der Waals surface area (Å²) in [6.45, 7) is 1.29. The average Bonchev–Trinajstić information content (AvgIpc) is 3.24. The predicted octanol–water partition coefficient (Wildman–Crippen LogP) is 2.66. The number of carbonyl (C=O) groups excluding carboxylic acids is 1. The van der Waals surface area contributed by atoms with Gasteiger partial charge >= 0.3 is 0 Å². The maximum Gasteiger partial charge on any atom is 0.246 e. The number of piperidine rings is 1. The number of rotatable bonds is 7. The number of halogens is 1. The van der Waals surface area contributed by atoms with Crippen LogP contribution in [0, 0.1) is 11.7 Å². The number of amides is 1. The number of furan rings is 1. The molecule has 2 heterocycles. The maximum absolute atomic E-state index is 13.5. The zero-order valence-corrected chi connectivity index (χ0v) is 16.8. The number of likely N-dealkylation sites (tertiary alicyclic amines) is 1. The summed E-state index contributed by atoms with van der Waals surface area (Å²) in [5, 5.41) is 0. The maximum atomic E-state index is 13.5.